The molecule has 0 radical (unpaired) electrons. The van der Waals surface area contributed by atoms with Crippen molar-refractivity contribution >= 4 is 11.8 Å². The molecule has 0 unspecified atom stereocenters. The predicted molar refractivity (Wildman–Crippen MR) is 85.0 cm³/mol. The lowest BCUT2D eigenvalue weighted by molar-refractivity contribution is -0.143. The van der Waals surface area contributed by atoms with Crippen LogP contribution < -0.4 is 10.1 Å². The molecular weight excluding hydrogens is 337 g/mol. The van der Waals surface area contributed by atoms with Crippen molar-refractivity contribution < 1.29 is 27.5 Å². The molecule has 0 saturated carbocycles. The summed E-state index contributed by atoms with van der Waals surface area (Å²) in [6.07, 6.45) is -3.72. The van der Waals surface area contributed by atoms with E-state index in [1.54, 1.807) is 17.0 Å². The summed E-state index contributed by atoms with van der Waals surface area (Å²) in [5, 5.41) is 1.90. The summed E-state index contributed by atoms with van der Waals surface area (Å²) in [6.45, 7) is 1.19. The van der Waals surface area contributed by atoms with Crippen molar-refractivity contribution in [3.8, 4) is 5.75 Å². The molecule has 0 spiro atoms. The molecule has 8 heteroatoms. The molecule has 0 aliphatic carbocycles. The summed E-state index contributed by atoms with van der Waals surface area (Å²) in [6, 6.07) is 7.31. The Balaban J connectivity index is 1.72. The maximum atomic E-state index is 12.1. The second-order valence-corrected chi connectivity index (χ2v) is 6.09. The van der Waals surface area contributed by atoms with E-state index >= 15 is 0 Å². The summed E-state index contributed by atoms with van der Waals surface area (Å²) < 4.78 is 41.8. The fourth-order valence-electron chi connectivity index (χ4n) is 2.59. The minimum atomic E-state index is -4.42. The molecule has 138 valence electrons. The van der Waals surface area contributed by atoms with Gasteiger partial charge in [-0.25, -0.2) is 0 Å². The highest BCUT2D eigenvalue weighted by Crippen LogP contribution is 2.19. The van der Waals surface area contributed by atoms with E-state index in [1.165, 1.54) is 0 Å². The summed E-state index contributed by atoms with van der Waals surface area (Å²) >= 11 is 0. The molecule has 5 nitrogen and oxygen atoms in total. The minimum absolute atomic E-state index is 0.103. The maximum absolute atomic E-state index is 12.1. The number of piperidine rings is 1. The molecule has 2 amide bonds. The number of benzene rings is 1. The number of nitrogens with one attached hydrogen (secondary N) is 1. The van der Waals surface area contributed by atoms with Gasteiger partial charge in [0.1, 0.15) is 12.3 Å². The smallest absolute Gasteiger partial charge is 0.405 e. The minimum Gasteiger partial charge on any atom is -0.484 e. The molecule has 0 aromatic heterocycles. The van der Waals surface area contributed by atoms with Crippen molar-refractivity contribution in [1.29, 1.82) is 0 Å². The van der Waals surface area contributed by atoms with E-state index in [2.05, 4.69) is 0 Å². The van der Waals surface area contributed by atoms with Gasteiger partial charge in [0.05, 0.1) is 0 Å². The van der Waals surface area contributed by atoms with Crippen molar-refractivity contribution in [3.05, 3.63) is 29.8 Å². The first-order chi connectivity index (χ1) is 11.7. The van der Waals surface area contributed by atoms with Crippen LogP contribution in [0.5, 0.6) is 5.75 Å². The van der Waals surface area contributed by atoms with Gasteiger partial charge in [0.15, 0.2) is 6.61 Å². The zero-order chi connectivity index (χ0) is 18.4. The topological polar surface area (TPSA) is 58.6 Å². The third-order valence-electron chi connectivity index (χ3n) is 4.06. The van der Waals surface area contributed by atoms with Crippen LogP contribution >= 0.6 is 0 Å². The summed E-state index contributed by atoms with van der Waals surface area (Å²) in [5.74, 6) is -0.708. The molecule has 25 heavy (non-hydrogen) atoms. The highest BCUT2D eigenvalue weighted by Gasteiger charge is 2.31. The van der Waals surface area contributed by atoms with Gasteiger partial charge in [-0.1, -0.05) is 17.7 Å². The maximum Gasteiger partial charge on any atom is 0.405 e. The molecule has 1 fully saturated rings. The van der Waals surface area contributed by atoms with Crippen LogP contribution in [0.4, 0.5) is 13.2 Å². The van der Waals surface area contributed by atoms with Crippen molar-refractivity contribution in [2.24, 2.45) is 5.92 Å². The van der Waals surface area contributed by atoms with E-state index in [9.17, 15) is 22.8 Å². The standard InChI is InChI=1S/C17H21F3N2O3/c1-12-2-4-14(5-3-12)25-10-15(23)22-8-6-13(7-9-22)16(24)21-11-17(18,19)20/h2-5,13H,6-11H2,1H3,(H,21,24). The average molecular weight is 358 g/mol. The van der Waals surface area contributed by atoms with Gasteiger partial charge in [0, 0.05) is 19.0 Å². The Morgan fingerprint density at radius 3 is 2.36 bits per heavy atom. The van der Waals surface area contributed by atoms with Crippen LogP contribution in [0, 0.1) is 12.8 Å². The molecule has 1 saturated heterocycles. The zero-order valence-corrected chi connectivity index (χ0v) is 13.9. The SMILES string of the molecule is Cc1ccc(OCC(=O)N2CCC(C(=O)NCC(F)(F)F)CC2)cc1. The fraction of sp³-hybridized carbons (Fsp3) is 0.529. The summed E-state index contributed by atoms with van der Waals surface area (Å²) in [7, 11) is 0. The predicted octanol–water partition coefficient (Wildman–Crippen LogP) is 2.29. The van der Waals surface area contributed by atoms with Gasteiger partial charge >= 0.3 is 6.18 Å². The zero-order valence-electron chi connectivity index (χ0n) is 13.9. The number of hydrogen-bond donors (Lipinski definition) is 1. The molecule has 0 bridgehead atoms. The Morgan fingerprint density at radius 1 is 1.20 bits per heavy atom. The van der Waals surface area contributed by atoms with E-state index in [-0.39, 0.29) is 12.5 Å². The van der Waals surface area contributed by atoms with Gasteiger partial charge in [-0.3, -0.25) is 9.59 Å². The van der Waals surface area contributed by atoms with Crippen molar-refractivity contribution in [1.82, 2.24) is 10.2 Å². The second kappa shape index (κ2) is 8.22. The monoisotopic (exact) mass is 358 g/mol. The number of rotatable bonds is 5. The third kappa shape index (κ3) is 6.28. The van der Waals surface area contributed by atoms with Gasteiger partial charge in [-0.05, 0) is 31.9 Å². The highest BCUT2D eigenvalue weighted by molar-refractivity contribution is 5.80. The number of hydrogen-bond acceptors (Lipinski definition) is 3. The van der Waals surface area contributed by atoms with Gasteiger partial charge in [-0.2, -0.15) is 13.2 Å². The van der Waals surface area contributed by atoms with Crippen molar-refractivity contribution in [3.63, 3.8) is 0 Å². The number of aryl methyl sites for hydroxylation is 1. The first-order valence-corrected chi connectivity index (χ1v) is 8.06. The largest absolute Gasteiger partial charge is 0.484 e. The first-order valence-electron chi connectivity index (χ1n) is 8.06. The number of nitrogens with zero attached hydrogens (tertiary/aromatic N) is 1. The van der Waals surface area contributed by atoms with Gasteiger partial charge < -0.3 is 15.0 Å². The molecule has 1 aliphatic rings. The molecule has 1 aliphatic heterocycles. The number of amides is 2. The summed E-state index contributed by atoms with van der Waals surface area (Å²) in [4.78, 5) is 25.4. The normalized spacial score (nSPS) is 15.8. The Bertz CT molecular complexity index is 594. The number of alkyl halides is 3. The lowest BCUT2D eigenvalue weighted by Crippen LogP contribution is -2.45. The molecule has 2 rings (SSSR count). The second-order valence-electron chi connectivity index (χ2n) is 6.09. The highest BCUT2D eigenvalue weighted by atomic mass is 19.4. The average Bonchev–Trinajstić information content (AvgIpc) is 2.58. The van der Waals surface area contributed by atoms with Gasteiger partial charge in [-0.15, -0.1) is 0 Å². The summed E-state index contributed by atoms with van der Waals surface area (Å²) in [5.41, 5.74) is 1.09. The lowest BCUT2D eigenvalue weighted by Gasteiger charge is -2.31. The number of halogens is 3. The van der Waals surface area contributed by atoms with Crippen LogP contribution in [-0.2, 0) is 9.59 Å². The van der Waals surface area contributed by atoms with Crippen LogP contribution in [0.15, 0.2) is 24.3 Å². The van der Waals surface area contributed by atoms with Gasteiger partial charge in [0.2, 0.25) is 5.91 Å². The van der Waals surface area contributed by atoms with Crippen LogP contribution in [0.2, 0.25) is 0 Å². The number of likely N-dealkylation sites (tertiary alicyclic amines) is 1. The van der Waals surface area contributed by atoms with E-state index in [4.69, 9.17) is 4.74 Å². The lowest BCUT2D eigenvalue weighted by atomic mass is 9.96. The number of carbonyl (C=O) groups is 2. The molecule has 1 N–H and O–H groups in total. The Hall–Kier alpha value is -2.25. The van der Waals surface area contributed by atoms with E-state index in [1.807, 2.05) is 24.4 Å². The number of carbonyl (C=O) groups excluding carboxylic acids is 2. The fourth-order valence-corrected chi connectivity index (χ4v) is 2.59. The van der Waals surface area contributed by atoms with Crippen molar-refractivity contribution in [2.75, 3.05) is 26.2 Å². The molecule has 1 aromatic carbocycles. The van der Waals surface area contributed by atoms with E-state index in [0.29, 0.717) is 31.7 Å². The van der Waals surface area contributed by atoms with Crippen LogP contribution in [0.25, 0.3) is 0 Å². The molecular formula is C17H21F3N2O3. The quantitative estimate of drug-likeness (QED) is 0.879. The Labute approximate surface area is 144 Å². The van der Waals surface area contributed by atoms with Crippen LogP contribution in [0.1, 0.15) is 18.4 Å². The Kier molecular flexibility index (Phi) is 6.27. The van der Waals surface area contributed by atoms with Gasteiger partial charge in [0.25, 0.3) is 5.91 Å². The molecule has 1 heterocycles. The molecule has 0 atom stereocenters. The van der Waals surface area contributed by atoms with E-state index < -0.39 is 24.5 Å². The van der Waals surface area contributed by atoms with Crippen LogP contribution in [-0.4, -0.2) is 49.1 Å². The van der Waals surface area contributed by atoms with Crippen LogP contribution in [0.3, 0.4) is 0 Å². The number of ether oxygens (including phenoxy) is 1. The third-order valence-corrected chi connectivity index (χ3v) is 4.06. The van der Waals surface area contributed by atoms with Crippen molar-refractivity contribution in [2.45, 2.75) is 25.9 Å². The Morgan fingerprint density at radius 2 is 1.80 bits per heavy atom. The molecule has 1 aromatic rings. The first kappa shape index (κ1) is 19.1. The van der Waals surface area contributed by atoms with E-state index in [0.717, 1.165) is 5.56 Å².